The molecule has 0 spiro atoms. The maximum atomic E-state index is 13.3. The van der Waals surface area contributed by atoms with Gasteiger partial charge in [0, 0.05) is 12.6 Å². The van der Waals surface area contributed by atoms with E-state index >= 15 is 0 Å². The van der Waals surface area contributed by atoms with Gasteiger partial charge in [0.25, 0.3) is 5.91 Å². The predicted molar refractivity (Wildman–Crippen MR) is 107 cm³/mol. The zero-order chi connectivity index (χ0) is 24.4. The Kier molecular flexibility index (Phi) is 6.71. The van der Waals surface area contributed by atoms with E-state index in [0.717, 1.165) is 16.8 Å². The maximum Gasteiger partial charge on any atom is 0.435 e. The summed E-state index contributed by atoms with van der Waals surface area (Å²) >= 11 is 0. The smallest absolute Gasteiger partial charge is 0.435 e. The van der Waals surface area contributed by atoms with Crippen molar-refractivity contribution in [2.75, 3.05) is 0 Å². The molecule has 1 N–H and O–H groups in total. The molecule has 176 valence electrons. The second kappa shape index (κ2) is 9.16. The Morgan fingerprint density at radius 3 is 2.33 bits per heavy atom. The molecule has 0 saturated heterocycles. The lowest BCUT2D eigenvalue weighted by molar-refractivity contribution is -0.141. The number of rotatable bonds is 6. The molecule has 0 radical (unpaired) electrons. The van der Waals surface area contributed by atoms with E-state index in [1.807, 2.05) is 0 Å². The van der Waals surface area contributed by atoms with Crippen LogP contribution in [-0.2, 0) is 18.9 Å². The van der Waals surface area contributed by atoms with Gasteiger partial charge >= 0.3 is 12.4 Å². The van der Waals surface area contributed by atoms with Crippen molar-refractivity contribution in [3.05, 3.63) is 77.1 Å². The van der Waals surface area contributed by atoms with Crippen LogP contribution in [0.15, 0.2) is 54.6 Å². The maximum absolute atomic E-state index is 13.3. The number of carbonyl (C=O) groups excluding carboxylic acids is 1. The van der Waals surface area contributed by atoms with E-state index in [1.54, 1.807) is 26.0 Å². The van der Waals surface area contributed by atoms with Crippen LogP contribution in [0, 0.1) is 0 Å². The first-order valence-corrected chi connectivity index (χ1v) is 9.74. The quantitative estimate of drug-likeness (QED) is 0.475. The lowest BCUT2D eigenvalue weighted by Crippen LogP contribution is -2.25. The number of ether oxygens (including phenoxy) is 1. The van der Waals surface area contributed by atoms with Crippen LogP contribution < -0.4 is 10.1 Å². The van der Waals surface area contributed by atoms with Gasteiger partial charge in [-0.2, -0.15) is 31.4 Å². The van der Waals surface area contributed by atoms with Gasteiger partial charge in [0.15, 0.2) is 5.69 Å². The van der Waals surface area contributed by atoms with E-state index in [2.05, 4.69) is 10.4 Å². The Morgan fingerprint density at radius 2 is 1.70 bits per heavy atom. The normalized spacial score (nSPS) is 12.2. The number of hydrogen-bond acceptors (Lipinski definition) is 3. The summed E-state index contributed by atoms with van der Waals surface area (Å²) in [6.45, 7) is 3.12. The average Bonchev–Trinajstić information content (AvgIpc) is 3.17. The molecule has 11 heteroatoms. The molecule has 3 aromatic rings. The minimum absolute atomic E-state index is 0.103. The first-order valence-electron chi connectivity index (χ1n) is 9.74. The summed E-state index contributed by atoms with van der Waals surface area (Å²) in [5, 5.41) is 5.90. The second-order valence-corrected chi connectivity index (χ2v) is 7.34. The summed E-state index contributed by atoms with van der Waals surface area (Å²) < 4.78 is 85.1. The largest absolute Gasteiger partial charge is 0.489 e. The van der Waals surface area contributed by atoms with Crippen LogP contribution in [0.2, 0.25) is 0 Å². The van der Waals surface area contributed by atoms with Crippen LogP contribution in [0.1, 0.15) is 41.2 Å². The number of carbonyl (C=O) groups is 1. The molecule has 3 rings (SSSR count). The zero-order valence-electron chi connectivity index (χ0n) is 17.5. The Balaban J connectivity index is 1.95. The number of halogens is 6. The van der Waals surface area contributed by atoms with Crippen molar-refractivity contribution < 1.29 is 35.9 Å². The van der Waals surface area contributed by atoms with Gasteiger partial charge < -0.3 is 10.1 Å². The molecule has 0 fully saturated rings. The van der Waals surface area contributed by atoms with Crippen molar-refractivity contribution in [3.63, 3.8) is 0 Å². The molecule has 0 atom stereocenters. The molecule has 0 aliphatic carbocycles. The number of alkyl halides is 6. The number of benzene rings is 2. The van der Waals surface area contributed by atoms with E-state index in [9.17, 15) is 31.1 Å². The van der Waals surface area contributed by atoms with Gasteiger partial charge in [0.05, 0.1) is 11.7 Å². The third kappa shape index (κ3) is 5.85. The highest BCUT2D eigenvalue weighted by atomic mass is 19.4. The summed E-state index contributed by atoms with van der Waals surface area (Å²) in [6, 6.07) is 11.0. The van der Waals surface area contributed by atoms with Gasteiger partial charge in [-0.05, 0) is 43.7 Å². The number of hydrogen-bond donors (Lipinski definition) is 1. The Labute approximate surface area is 185 Å². The number of aromatic nitrogens is 2. The first-order chi connectivity index (χ1) is 15.4. The molecule has 0 aliphatic rings. The number of para-hydroxylation sites is 2. The van der Waals surface area contributed by atoms with Crippen molar-refractivity contribution in [1.82, 2.24) is 15.1 Å². The molecule has 5 nitrogen and oxygen atoms in total. The highest BCUT2D eigenvalue weighted by Crippen LogP contribution is 2.32. The topological polar surface area (TPSA) is 56.2 Å². The predicted octanol–water partition coefficient (Wildman–Crippen LogP) is 5.63. The summed E-state index contributed by atoms with van der Waals surface area (Å²) in [7, 11) is 0. The number of amides is 1. The highest BCUT2D eigenvalue weighted by Gasteiger charge is 2.36. The Morgan fingerprint density at radius 1 is 1.00 bits per heavy atom. The standard InChI is InChI=1S/C22H19F6N3O2/c1-13(2)33-18-9-4-3-8-16(18)31-17(11-19(30-31)22(26,27)28)20(32)29-12-14-6-5-7-15(10-14)21(23,24)25/h3-11,13H,12H2,1-2H3,(H,29,32). The van der Waals surface area contributed by atoms with Gasteiger partial charge in [-0.3, -0.25) is 4.79 Å². The third-order valence-corrected chi connectivity index (χ3v) is 4.40. The summed E-state index contributed by atoms with van der Waals surface area (Å²) in [5.74, 6) is -0.744. The van der Waals surface area contributed by atoms with Gasteiger partial charge in [-0.1, -0.05) is 24.3 Å². The number of nitrogens with one attached hydrogen (secondary N) is 1. The van der Waals surface area contributed by atoms with Crippen LogP contribution in [-0.4, -0.2) is 21.8 Å². The highest BCUT2D eigenvalue weighted by molar-refractivity contribution is 5.93. The molecular weight excluding hydrogens is 452 g/mol. The fourth-order valence-corrected chi connectivity index (χ4v) is 2.98. The third-order valence-electron chi connectivity index (χ3n) is 4.40. The van der Waals surface area contributed by atoms with Crippen molar-refractivity contribution in [2.45, 2.75) is 38.8 Å². The Hall–Kier alpha value is -3.50. The lowest BCUT2D eigenvalue weighted by Gasteiger charge is -2.15. The van der Waals surface area contributed by atoms with Crippen molar-refractivity contribution >= 4 is 5.91 Å². The zero-order valence-corrected chi connectivity index (χ0v) is 17.5. The molecule has 33 heavy (non-hydrogen) atoms. The van der Waals surface area contributed by atoms with Gasteiger partial charge in [0.1, 0.15) is 17.1 Å². The van der Waals surface area contributed by atoms with Crippen molar-refractivity contribution in [1.29, 1.82) is 0 Å². The summed E-state index contributed by atoms with van der Waals surface area (Å²) in [4.78, 5) is 12.8. The SMILES string of the molecule is CC(C)Oc1ccccc1-n1nc(C(F)(F)F)cc1C(=O)NCc1cccc(C(F)(F)F)c1. The van der Waals surface area contributed by atoms with E-state index in [1.165, 1.54) is 24.3 Å². The van der Waals surface area contributed by atoms with Crippen LogP contribution in [0.25, 0.3) is 5.69 Å². The van der Waals surface area contributed by atoms with Crippen molar-refractivity contribution in [3.8, 4) is 11.4 Å². The van der Waals surface area contributed by atoms with Crippen LogP contribution in [0.5, 0.6) is 5.75 Å². The monoisotopic (exact) mass is 471 g/mol. The molecule has 0 saturated carbocycles. The lowest BCUT2D eigenvalue weighted by atomic mass is 10.1. The van der Waals surface area contributed by atoms with E-state index in [4.69, 9.17) is 4.74 Å². The average molecular weight is 471 g/mol. The molecule has 2 aromatic carbocycles. The fraction of sp³-hybridized carbons (Fsp3) is 0.273. The molecule has 0 unspecified atom stereocenters. The van der Waals surface area contributed by atoms with Crippen LogP contribution in [0.4, 0.5) is 26.3 Å². The van der Waals surface area contributed by atoms with E-state index < -0.39 is 35.2 Å². The van der Waals surface area contributed by atoms with Crippen molar-refractivity contribution in [2.24, 2.45) is 0 Å². The first kappa shape index (κ1) is 24.1. The van der Waals surface area contributed by atoms with E-state index in [-0.39, 0.29) is 29.6 Å². The van der Waals surface area contributed by atoms with Gasteiger partial charge in [-0.25, -0.2) is 4.68 Å². The van der Waals surface area contributed by atoms with Crippen LogP contribution >= 0.6 is 0 Å². The molecular formula is C22H19F6N3O2. The van der Waals surface area contributed by atoms with Crippen LogP contribution in [0.3, 0.4) is 0 Å². The summed E-state index contributed by atoms with van der Waals surface area (Å²) in [5.41, 5.74) is -2.42. The molecule has 0 aliphatic heterocycles. The fourth-order valence-electron chi connectivity index (χ4n) is 2.98. The van der Waals surface area contributed by atoms with Gasteiger partial charge in [0.2, 0.25) is 0 Å². The van der Waals surface area contributed by atoms with Gasteiger partial charge in [-0.15, -0.1) is 0 Å². The minimum Gasteiger partial charge on any atom is -0.489 e. The molecule has 1 aromatic heterocycles. The second-order valence-electron chi connectivity index (χ2n) is 7.34. The summed E-state index contributed by atoms with van der Waals surface area (Å²) in [6.07, 6.45) is -9.70. The molecule has 1 heterocycles. The minimum atomic E-state index is -4.82. The molecule has 0 bridgehead atoms. The molecule has 1 amide bonds. The van der Waals surface area contributed by atoms with E-state index in [0.29, 0.717) is 6.07 Å². The Bertz CT molecular complexity index is 1140. The number of nitrogens with zero attached hydrogens (tertiary/aromatic N) is 2.